The molecule has 0 heterocycles. The van der Waals surface area contributed by atoms with E-state index in [1.54, 1.807) is 12.3 Å². The van der Waals surface area contributed by atoms with E-state index in [-0.39, 0.29) is 11.8 Å². The standard InChI is InChI=1S/C17H15ClN2O/c18-16-9-5-4-8-13(16)11-19-20-17(21)15-10-14(15)12-6-2-1-3-7-12/h1-9,11,14-15H,10H2,(H,20,21)/b19-11+/t14-,15+/m0/s1. The van der Waals surface area contributed by atoms with Gasteiger partial charge in [0, 0.05) is 16.5 Å². The SMILES string of the molecule is O=C(N/N=C/c1ccccc1Cl)[C@@H]1C[C@H]1c1ccccc1. The molecule has 2 atom stereocenters. The van der Waals surface area contributed by atoms with Crippen molar-refractivity contribution in [1.82, 2.24) is 5.43 Å². The molecular formula is C17H15ClN2O. The Morgan fingerprint density at radius 2 is 1.86 bits per heavy atom. The highest BCUT2D eigenvalue weighted by atomic mass is 35.5. The van der Waals surface area contributed by atoms with Crippen molar-refractivity contribution in [3.05, 3.63) is 70.7 Å². The maximum Gasteiger partial charge on any atom is 0.243 e. The minimum Gasteiger partial charge on any atom is -0.273 e. The maximum atomic E-state index is 12.0. The largest absolute Gasteiger partial charge is 0.273 e. The Morgan fingerprint density at radius 1 is 1.14 bits per heavy atom. The van der Waals surface area contributed by atoms with E-state index < -0.39 is 0 Å². The van der Waals surface area contributed by atoms with Crippen molar-refractivity contribution in [1.29, 1.82) is 0 Å². The van der Waals surface area contributed by atoms with Crippen LogP contribution in [0.25, 0.3) is 0 Å². The van der Waals surface area contributed by atoms with Crippen LogP contribution in [0, 0.1) is 5.92 Å². The molecule has 3 nitrogen and oxygen atoms in total. The molecule has 1 saturated carbocycles. The Bertz CT molecular complexity index is 670. The van der Waals surface area contributed by atoms with Gasteiger partial charge in [-0.2, -0.15) is 5.10 Å². The van der Waals surface area contributed by atoms with Gasteiger partial charge in [0.15, 0.2) is 0 Å². The quantitative estimate of drug-likeness (QED) is 0.680. The fourth-order valence-electron chi connectivity index (χ4n) is 2.38. The zero-order valence-corrected chi connectivity index (χ0v) is 12.1. The van der Waals surface area contributed by atoms with E-state index in [9.17, 15) is 4.79 Å². The number of carbonyl (C=O) groups is 1. The third kappa shape index (κ3) is 3.31. The Kier molecular flexibility index (Phi) is 4.02. The second kappa shape index (κ2) is 6.10. The molecule has 1 aliphatic carbocycles. The second-order valence-electron chi connectivity index (χ2n) is 5.12. The minimum absolute atomic E-state index is 0.0239. The number of hydrogen-bond donors (Lipinski definition) is 1. The van der Waals surface area contributed by atoms with E-state index in [0.717, 1.165) is 12.0 Å². The summed E-state index contributed by atoms with van der Waals surface area (Å²) in [4.78, 5) is 12.0. The van der Waals surface area contributed by atoms with E-state index in [1.807, 2.05) is 36.4 Å². The van der Waals surface area contributed by atoms with Gasteiger partial charge in [0.25, 0.3) is 0 Å². The lowest BCUT2D eigenvalue weighted by Gasteiger charge is -2.00. The van der Waals surface area contributed by atoms with Crippen LogP contribution in [0.15, 0.2) is 59.7 Å². The number of hydrazone groups is 1. The summed E-state index contributed by atoms with van der Waals surface area (Å²) in [6, 6.07) is 17.5. The number of nitrogens with one attached hydrogen (secondary N) is 1. The summed E-state index contributed by atoms with van der Waals surface area (Å²) in [5.41, 5.74) is 4.59. The molecule has 1 amide bonds. The number of amides is 1. The van der Waals surface area contributed by atoms with Gasteiger partial charge in [-0.15, -0.1) is 0 Å². The van der Waals surface area contributed by atoms with Gasteiger partial charge in [-0.25, -0.2) is 5.43 Å². The average molecular weight is 299 g/mol. The summed E-state index contributed by atoms with van der Waals surface area (Å²) in [5, 5.41) is 4.60. The van der Waals surface area contributed by atoms with Gasteiger partial charge >= 0.3 is 0 Å². The molecule has 0 radical (unpaired) electrons. The molecule has 0 aromatic heterocycles. The van der Waals surface area contributed by atoms with Crippen molar-refractivity contribution in [2.45, 2.75) is 12.3 Å². The van der Waals surface area contributed by atoms with Gasteiger partial charge in [0.05, 0.1) is 6.21 Å². The Labute approximate surface area is 128 Å². The Hall–Kier alpha value is -2.13. The predicted molar refractivity (Wildman–Crippen MR) is 84.5 cm³/mol. The number of nitrogens with zero attached hydrogens (tertiary/aromatic N) is 1. The van der Waals surface area contributed by atoms with Crippen LogP contribution in [-0.2, 0) is 4.79 Å². The number of carbonyl (C=O) groups excluding carboxylic acids is 1. The van der Waals surface area contributed by atoms with E-state index >= 15 is 0 Å². The molecule has 0 bridgehead atoms. The van der Waals surface area contributed by atoms with Crippen molar-refractivity contribution in [3.8, 4) is 0 Å². The molecule has 1 fully saturated rings. The van der Waals surface area contributed by atoms with Gasteiger partial charge < -0.3 is 0 Å². The molecule has 4 heteroatoms. The lowest BCUT2D eigenvalue weighted by atomic mass is 10.1. The molecule has 21 heavy (non-hydrogen) atoms. The summed E-state index contributed by atoms with van der Waals surface area (Å²) in [6.45, 7) is 0. The first-order chi connectivity index (χ1) is 10.3. The topological polar surface area (TPSA) is 41.5 Å². The van der Waals surface area contributed by atoms with Crippen molar-refractivity contribution < 1.29 is 4.79 Å². The third-order valence-electron chi connectivity index (χ3n) is 3.64. The highest BCUT2D eigenvalue weighted by Crippen LogP contribution is 2.47. The molecule has 106 valence electrons. The first-order valence-corrected chi connectivity index (χ1v) is 7.26. The van der Waals surface area contributed by atoms with Crippen LogP contribution in [0.2, 0.25) is 5.02 Å². The minimum atomic E-state index is -0.0350. The fourth-order valence-corrected chi connectivity index (χ4v) is 2.57. The zero-order chi connectivity index (χ0) is 14.7. The molecule has 2 aromatic carbocycles. The highest BCUT2D eigenvalue weighted by Gasteiger charge is 2.43. The summed E-state index contributed by atoms with van der Waals surface area (Å²) >= 11 is 6.01. The maximum absolute atomic E-state index is 12.0. The van der Waals surface area contributed by atoms with Crippen LogP contribution in [0.4, 0.5) is 0 Å². The van der Waals surface area contributed by atoms with Gasteiger partial charge in [0.2, 0.25) is 5.91 Å². The van der Waals surface area contributed by atoms with Crippen molar-refractivity contribution in [2.24, 2.45) is 11.0 Å². The molecule has 0 saturated heterocycles. The van der Waals surface area contributed by atoms with E-state index in [0.29, 0.717) is 10.9 Å². The number of halogens is 1. The lowest BCUT2D eigenvalue weighted by molar-refractivity contribution is -0.122. The fraction of sp³-hybridized carbons (Fsp3) is 0.176. The average Bonchev–Trinajstić information content (AvgIpc) is 3.31. The first kappa shape index (κ1) is 13.8. The van der Waals surface area contributed by atoms with E-state index in [2.05, 4.69) is 22.7 Å². The number of rotatable bonds is 4. The summed E-state index contributed by atoms with van der Waals surface area (Å²) < 4.78 is 0. The molecule has 1 aliphatic rings. The molecule has 0 aliphatic heterocycles. The summed E-state index contributed by atoms with van der Waals surface area (Å²) in [7, 11) is 0. The number of hydrogen-bond acceptors (Lipinski definition) is 2. The van der Waals surface area contributed by atoms with Gasteiger partial charge in [-0.3, -0.25) is 4.79 Å². The van der Waals surface area contributed by atoms with Gasteiger partial charge in [-0.1, -0.05) is 60.1 Å². The van der Waals surface area contributed by atoms with E-state index in [1.165, 1.54) is 5.56 Å². The lowest BCUT2D eigenvalue weighted by Crippen LogP contribution is -2.20. The molecule has 1 N–H and O–H groups in total. The zero-order valence-electron chi connectivity index (χ0n) is 11.4. The van der Waals surface area contributed by atoms with Gasteiger partial charge in [-0.05, 0) is 24.0 Å². The summed E-state index contributed by atoms with van der Waals surface area (Å²) in [6.07, 6.45) is 2.46. The van der Waals surface area contributed by atoms with Crippen LogP contribution in [0.5, 0.6) is 0 Å². The monoisotopic (exact) mass is 298 g/mol. The van der Waals surface area contributed by atoms with Gasteiger partial charge in [0.1, 0.15) is 0 Å². The van der Waals surface area contributed by atoms with Crippen molar-refractivity contribution in [2.75, 3.05) is 0 Å². The van der Waals surface area contributed by atoms with Crippen LogP contribution in [0.1, 0.15) is 23.5 Å². The molecule has 0 spiro atoms. The van der Waals surface area contributed by atoms with Crippen LogP contribution < -0.4 is 5.43 Å². The molecular weight excluding hydrogens is 284 g/mol. The van der Waals surface area contributed by atoms with Crippen LogP contribution in [-0.4, -0.2) is 12.1 Å². The third-order valence-corrected chi connectivity index (χ3v) is 3.98. The predicted octanol–water partition coefficient (Wildman–Crippen LogP) is 3.59. The first-order valence-electron chi connectivity index (χ1n) is 6.88. The smallest absolute Gasteiger partial charge is 0.243 e. The Balaban J connectivity index is 1.56. The Morgan fingerprint density at radius 3 is 2.62 bits per heavy atom. The molecule has 0 unspecified atom stereocenters. The molecule has 3 rings (SSSR count). The van der Waals surface area contributed by atoms with Crippen LogP contribution >= 0.6 is 11.6 Å². The molecule has 2 aromatic rings. The van der Waals surface area contributed by atoms with Crippen LogP contribution in [0.3, 0.4) is 0 Å². The van der Waals surface area contributed by atoms with E-state index in [4.69, 9.17) is 11.6 Å². The van der Waals surface area contributed by atoms with Crippen molar-refractivity contribution >= 4 is 23.7 Å². The van der Waals surface area contributed by atoms with Crippen molar-refractivity contribution in [3.63, 3.8) is 0 Å². The summed E-state index contributed by atoms with van der Waals surface area (Å²) in [5.74, 6) is 0.310. The number of benzene rings is 2. The highest BCUT2D eigenvalue weighted by molar-refractivity contribution is 6.33. The second-order valence-corrected chi connectivity index (χ2v) is 5.52. The normalized spacial score (nSPS) is 20.4.